The zero-order valence-corrected chi connectivity index (χ0v) is 12.7. The summed E-state index contributed by atoms with van der Waals surface area (Å²) in [5, 5.41) is -0.250. The first-order valence-corrected chi connectivity index (χ1v) is 8.96. The molecule has 4 aliphatic rings. The van der Waals surface area contributed by atoms with Crippen molar-refractivity contribution in [2.45, 2.75) is 54.2 Å². The van der Waals surface area contributed by atoms with E-state index in [1.54, 1.807) is 0 Å². The van der Waals surface area contributed by atoms with E-state index in [4.69, 9.17) is 8.92 Å². The molecule has 3 aliphatic carbocycles. The van der Waals surface area contributed by atoms with Gasteiger partial charge in [0, 0.05) is 5.92 Å². The van der Waals surface area contributed by atoms with Crippen molar-refractivity contribution in [1.29, 1.82) is 0 Å². The maximum Gasteiger partial charge on any atom is 0.270 e. The highest BCUT2D eigenvalue weighted by Crippen LogP contribution is 2.52. The fourth-order valence-electron chi connectivity index (χ4n) is 3.51. The number of rotatable bonds is 3. The summed E-state index contributed by atoms with van der Waals surface area (Å²) >= 11 is 2.27. The summed E-state index contributed by atoms with van der Waals surface area (Å²) < 4.78 is 35.2. The van der Waals surface area contributed by atoms with Crippen molar-refractivity contribution in [2.75, 3.05) is 0 Å². The van der Waals surface area contributed by atoms with Crippen molar-refractivity contribution in [1.82, 2.24) is 0 Å². The van der Waals surface area contributed by atoms with Crippen LogP contribution in [0, 0.1) is 11.8 Å². The summed E-state index contributed by atoms with van der Waals surface area (Å²) in [5.41, 5.74) is 0. The van der Waals surface area contributed by atoms with Crippen molar-refractivity contribution >= 4 is 32.7 Å². The summed E-state index contributed by atoms with van der Waals surface area (Å²) in [6, 6.07) is 0. The maximum atomic E-state index is 11.9. The van der Waals surface area contributed by atoms with E-state index >= 15 is 0 Å². The number of halogens is 1. The molecule has 6 atom stereocenters. The van der Waals surface area contributed by atoms with Crippen LogP contribution in [0.1, 0.15) is 32.6 Å². The molecule has 1 heterocycles. The van der Waals surface area contributed by atoms with E-state index in [9.17, 15) is 8.42 Å². The largest absolute Gasteiger partial charge is 0.362 e. The molecule has 0 aromatic rings. The quantitative estimate of drug-likeness (QED) is 0.433. The Labute approximate surface area is 116 Å². The number of hydrogen-bond acceptors (Lipinski definition) is 4. The van der Waals surface area contributed by atoms with E-state index in [2.05, 4.69) is 29.5 Å². The molecule has 4 fully saturated rings. The highest BCUT2D eigenvalue weighted by Gasteiger charge is 2.61. The molecule has 0 aromatic heterocycles. The van der Waals surface area contributed by atoms with Crippen LogP contribution in [0.15, 0.2) is 0 Å². The predicted molar refractivity (Wildman–Crippen MR) is 71.4 cm³/mol. The Morgan fingerprint density at radius 2 is 2.24 bits per heavy atom. The van der Waals surface area contributed by atoms with Crippen LogP contribution in [0.2, 0.25) is 0 Å². The van der Waals surface area contributed by atoms with Crippen molar-refractivity contribution in [3.63, 3.8) is 0 Å². The first kappa shape index (κ1) is 12.6. The molecule has 1 saturated heterocycles. The van der Waals surface area contributed by atoms with Crippen LogP contribution in [0.5, 0.6) is 0 Å². The Morgan fingerprint density at radius 3 is 2.94 bits per heavy atom. The summed E-state index contributed by atoms with van der Waals surface area (Å²) in [4.78, 5) is 0. The molecule has 0 amide bonds. The van der Waals surface area contributed by atoms with Crippen molar-refractivity contribution in [3.8, 4) is 0 Å². The van der Waals surface area contributed by atoms with Gasteiger partial charge in [-0.2, -0.15) is 8.42 Å². The molecule has 98 valence electrons. The molecule has 4 rings (SSSR count). The van der Waals surface area contributed by atoms with Crippen molar-refractivity contribution < 1.29 is 17.3 Å². The average molecular weight is 372 g/mol. The van der Waals surface area contributed by atoms with E-state index in [0.29, 0.717) is 5.92 Å². The SMILES string of the molecule is CCC(I)OC1C2CCC3C1OS(=O)(=O)C3C2. The van der Waals surface area contributed by atoms with Crippen LogP contribution in [0.4, 0.5) is 0 Å². The van der Waals surface area contributed by atoms with E-state index in [1.807, 2.05) is 0 Å². The molecule has 17 heavy (non-hydrogen) atoms. The normalized spacial score (nSPS) is 48.2. The molecule has 6 unspecified atom stereocenters. The van der Waals surface area contributed by atoms with E-state index in [-0.39, 0.29) is 27.5 Å². The highest BCUT2D eigenvalue weighted by atomic mass is 127. The highest BCUT2D eigenvalue weighted by molar-refractivity contribution is 14.1. The summed E-state index contributed by atoms with van der Waals surface area (Å²) in [7, 11) is -3.31. The van der Waals surface area contributed by atoms with Gasteiger partial charge in [0.05, 0.1) is 11.4 Å². The second kappa shape index (κ2) is 4.31. The third-order valence-electron chi connectivity index (χ3n) is 4.34. The van der Waals surface area contributed by atoms with Crippen LogP contribution >= 0.6 is 22.6 Å². The Kier molecular flexibility index (Phi) is 3.20. The van der Waals surface area contributed by atoms with Gasteiger partial charge in [-0.1, -0.05) is 29.5 Å². The first-order chi connectivity index (χ1) is 8.03. The number of fused-ring (bicyclic) bond motifs is 1. The zero-order chi connectivity index (χ0) is 12.2. The minimum atomic E-state index is -3.31. The molecule has 1 aliphatic heterocycles. The molecule has 0 aromatic carbocycles. The second-order valence-electron chi connectivity index (χ2n) is 5.25. The monoisotopic (exact) mass is 372 g/mol. The molecule has 0 spiro atoms. The Morgan fingerprint density at radius 1 is 1.47 bits per heavy atom. The van der Waals surface area contributed by atoms with Gasteiger partial charge in [-0.25, -0.2) is 0 Å². The van der Waals surface area contributed by atoms with Gasteiger partial charge in [-0.3, -0.25) is 4.18 Å². The third kappa shape index (κ3) is 1.95. The van der Waals surface area contributed by atoms with Gasteiger partial charge < -0.3 is 4.74 Å². The van der Waals surface area contributed by atoms with E-state index < -0.39 is 10.1 Å². The zero-order valence-electron chi connectivity index (χ0n) is 9.71. The lowest BCUT2D eigenvalue weighted by molar-refractivity contribution is -0.113. The van der Waals surface area contributed by atoms with Crippen LogP contribution in [0.25, 0.3) is 0 Å². The van der Waals surface area contributed by atoms with Gasteiger partial charge in [-0.05, 0) is 31.6 Å². The standard InChI is InChI=1S/C11H17IO4S/c1-2-9(12)15-10-6-3-4-7-8(5-6)17(13,14)16-11(7)10/h6-11H,2-5H2,1H3. The molecule has 4 nitrogen and oxygen atoms in total. The minimum absolute atomic E-state index is 0.0101. The van der Waals surface area contributed by atoms with E-state index in [1.165, 1.54) is 0 Å². The molecule has 0 radical (unpaired) electrons. The van der Waals surface area contributed by atoms with Crippen LogP contribution < -0.4 is 0 Å². The second-order valence-corrected chi connectivity index (χ2v) is 8.42. The number of alkyl halides is 1. The topological polar surface area (TPSA) is 52.6 Å². The minimum Gasteiger partial charge on any atom is -0.362 e. The lowest BCUT2D eigenvalue weighted by Gasteiger charge is -2.44. The van der Waals surface area contributed by atoms with Crippen LogP contribution in [-0.2, 0) is 19.0 Å². The summed E-state index contributed by atoms with van der Waals surface area (Å²) in [5.74, 6) is 0.548. The molecule has 0 N–H and O–H groups in total. The smallest absolute Gasteiger partial charge is 0.270 e. The van der Waals surface area contributed by atoms with Crippen LogP contribution in [0.3, 0.4) is 0 Å². The maximum absolute atomic E-state index is 11.9. The van der Waals surface area contributed by atoms with Gasteiger partial charge >= 0.3 is 0 Å². The van der Waals surface area contributed by atoms with Gasteiger partial charge in [-0.15, -0.1) is 0 Å². The van der Waals surface area contributed by atoms with Gasteiger partial charge in [0.1, 0.15) is 10.2 Å². The Hall–Kier alpha value is 0.600. The van der Waals surface area contributed by atoms with E-state index in [0.717, 1.165) is 25.7 Å². The Balaban J connectivity index is 1.85. The molecule has 3 saturated carbocycles. The lowest BCUT2D eigenvalue weighted by Crippen LogP contribution is -2.51. The summed E-state index contributed by atoms with van der Waals surface area (Å²) in [6.45, 7) is 2.08. The third-order valence-corrected chi connectivity index (χ3v) is 7.28. The van der Waals surface area contributed by atoms with Crippen LogP contribution in [-0.4, -0.2) is 30.0 Å². The number of hydrogen-bond donors (Lipinski definition) is 0. The first-order valence-electron chi connectivity index (χ1n) is 6.24. The molecular weight excluding hydrogens is 355 g/mol. The average Bonchev–Trinajstić information content (AvgIpc) is 2.53. The fourth-order valence-corrected chi connectivity index (χ4v) is 5.75. The van der Waals surface area contributed by atoms with Gasteiger partial charge in [0.25, 0.3) is 10.1 Å². The molecular formula is C11H17IO4S. The molecule has 4 bridgehead atoms. The predicted octanol–water partition coefficient (Wildman–Crippen LogP) is 2.07. The number of ether oxygens (including phenoxy) is 1. The van der Waals surface area contributed by atoms with Gasteiger partial charge in [0.2, 0.25) is 0 Å². The Bertz CT molecular complexity index is 410. The van der Waals surface area contributed by atoms with Crippen molar-refractivity contribution in [2.24, 2.45) is 11.8 Å². The molecule has 6 heteroatoms. The summed E-state index contributed by atoms with van der Waals surface area (Å²) in [6.07, 6.45) is 3.54. The lowest BCUT2D eigenvalue weighted by atomic mass is 9.67. The fraction of sp³-hybridized carbons (Fsp3) is 1.00. The van der Waals surface area contributed by atoms with Gasteiger partial charge in [0.15, 0.2) is 0 Å². The van der Waals surface area contributed by atoms with Crippen molar-refractivity contribution in [3.05, 3.63) is 0 Å².